The number of ether oxygens (including phenoxy) is 3. The minimum Gasteiger partial charge on any atom is -0.487 e. The molecule has 0 bridgehead atoms. The lowest BCUT2D eigenvalue weighted by molar-refractivity contribution is -0.0398. The molecule has 4 rings (SSSR count). The lowest BCUT2D eigenvalue weighted by atomic mass is 9.79. The van der Waals surface area contributed by atoms with Gasteiger partial charge in [0.25, 0.3) is 0 Å². The van der Waals surface area contributed by atoms with Crippen LogP contribution in [0.2, 0.25) is 0 Å². The molecule has 6 heteroatoms. The van der Waals surface area contributed by atoms with E-state index in [1.54, 1.807) is 7.11 Å². The van der Waals surface area contributed by atoms with E-state index >= 15 is 0 Å². The normalized spacial score (nSPS) is 23.5. The Bertz CT molecular complexity index is 959. The molecule has 1 aliphatic carbocycles. The smallest absolute Gasteiger partial charge is 0.189 e. The molecule has 0 spiro atoms. The van der Waals surface area contributed by atoms with Crippen LogP contribution in [0.5, 0.6) is 5.75 Å². The van der Waals surface area contributed by atoms with Gasteiger partial charge in [0, 0.05) is 31.8 Å². The van der Waals surface area contributed by atoms with Gasteiger partial charge in [-0.3, -0.25) is 4.90 Å². The van der Waals surface area contributed by atoms with E-state index in [2.05, 4.69) is 34.1 Å². The Morgan fingerprint density at radius 1 is 1.03 bits per heavy atom. The van der Waals surface area contributed by atoms with E-state index in [-0.39, 0.29) is 5.54 Å². The quantitative estimate of drug-likeness (QED) is 0.333. The predicted octanol–water partition coefficient (Wildman–Crippen LogP) is 6.06. The number of piperidine rings is 1. The third-order valence-electron chi connectivity index (χ3n) is 7.60. The highest BCUT2D eigenvalue weighted by Crippen LogP contribution is 2.37. The van der Waals surface area contributed by atoms with E-state index in [0.29, 0.717) is 37.7 Å². The Morgan fingerprint density at radius 3 is 2.46 bits per heavy atom. The fourth-order valence-electron chi connectivity index (χ4n) is 5.34. The first-order valence-corrected chi connectivity index (χ1v) is 12.9. The predicted molar refractivity (Wildman–Crippen MR) is 140 cm³/mol. The maximum Gasteiger partial charge on any atom is 0.189 e. The molecular weight excluding hydrogens is 438 g/mol. The fourth-order valence-corrected chi connectivity index (χ4v) is 5.34. The summed E-state index contributed by atoms with van der Waals surface area (Å²) in [6.45, 7) is 13.9. The minimum absolute atomic E-state index is 0.264. The van der Waals surface area contributed by atoms with Gasteiger partial charge in [-0.1, -0.05) is 36.4 Å². The van der Waals surface area contributed by atoms with Crippen molar-refractivity contribution in [3.63, 3.8) is 0 Å². The molecule has 2 aromatic carbocycles. The zero-order chi connectivity index (χ0) is 24.5. The summed E-state index contributed by atoms with van der Waals surface area (Å²) in [7, 11) is 1.72. The summed E-state index contributed by atoms with van der Waals surface area (Å²) in [5.74, 6) is 0.808. The van der Waals surface area contributed by atoms with E-state index < -0.39 is 0 Å². The number of methoxy groups -OCH3 is 1. The van der Waals surface area contributed by atoms with Gasteiger partial charge in [0.1, 0.15) is 12.4 Å². The van der Waals surface area contributed by atoms with Crippen LogP contribution < -0.4 is 10.1 Å². The molecule has 1 aliphatic heterocycles. The highest BCUT2D eigenvalue weighted by molar-refractivity contribution is 5.65. The number of hydrogen-bond donors (Lipinski definition) is 1. The van der Waals surface area contributed by atoms with Gasteiger partial charge >= 0.3 is 0 Å². The molecule has 0 amide bonds. The average molecular weight is 478 g/mol. The number of likely N-dealkylation sites (tertiary alicyclic amines) is 1. The number of hydrogen-bond acceptors (Lipinski definition) is 5. The Morgan fingerprint density at radius 2 is 1.77 bits per heavy atom. The molecule has 0 aromatic heterocycles. The van der Waals surface area contributed by atoms with E-state index in [9.17, 15) is 0 Å². The van der Waals surface area contributed by atoms with Crippen molar-refractivity contribution in [3.8, 4) is 5.75 Å². The highest BCUT2D eigenvalue weighted by atomic mass is 16.5. The van der Waals surface area contributed by atoms with Crippen molar-refractivity contribution in [1.82, 2.24) is 4.90 Å². The Kier molecular flexibility index (Phi) is 9.03. The lowest BCUT2D eigenvalue weighted by Gasteiger charge is -2.48. The van der Waals surface area contributed by atoms with Gasteiger partial charge in [0.05, 0.1) is 31.6 Å². The summed E-state index contributed by atoms with van der Waals surface area (Å²) in [4.78, 5) is 6.32. The minimum atomic E-state index is 0.264. The molecule has 2 fully saturated rings. The fraction of sp³-hybridized carbons (Fsp3) is 0.552. The summed E-state index contributed by atoms with van der Waals surface area (Å²) in [5.41, 5.74) is 2.95. The van der Waals surface area contributed by atoms with E-state index in [1.807, 2.05) is 36.4 Å². The molecule has 2 aliphatic rings. The molecule has 0 unspecified atom stereocenters. The van der Waals surface area contributed by atoms with Crippen molar-refractivity contribution >= 4 is 11.4 Å². The lowest BCUT2D eigenvalue weighted by Crippen LogP contribution is -2.53. The molecule has 188 valence electrons. The molecule has 1 heterocycles. The van der Waals surface area contributed by atoms with Crippen LogP contribution in [-0.2, 0) is 16.1 Å². The maximum atomic E-state index is 7.42. The molecule has 0 atom stereocenters. The molecule has 1 saturated heterocycles. The van der Waals surface area contributed by atoms with Crippen LogP contribution in [0, 0.1) is 6.57 Å². The number of nitrogens with zero attached hydrogens (tertiary/aromatic N) is 2. The zero-order valence-electron chi connectivity index (χ0n) is 21.2. The Hall–Kier alpha value is -2.59. The molecule has 35 heavy (non-hydrogen) atoms. The van der Waals surface area contributed by atoms with Crippen molar-refractivity contribution in [1.29, 1.82) is 0 Å². The Labute approximate surface area is 210 Å². The first-order chi connectivity index (χ1) is 17.1. The number of anilines is 1. The summed E-state index contributed by atoms with van der Waals surface area (Å²) in [6, 6.07) is 16.2. The van der Waals surface area contributed by atoms with Crippen molar-refractivity contribution in [3.05, 3.63) is 65.5 Å². The monoisotopic (exact) mass is 477 g/mol. The van der Waals surface area contributed by atoms with Crippen LogP contribution in [0.4, 0.5) is 11.4 Å². The van der Waals surface area contributed by atoms with Crippen molar-refractivity contribution < 1.29 is 14.2 Å². The molecule has 6 nitrogen and oxygen atoms in total. The summed E-state index contributed by atoms with van der Waals surface area (Å²) >= 11 is 0. The maximum absolute atomic E-state index is 7.42. The van der Waals surface area contributed by atoms with E-state index in [4.69, 9.17) is 20.8 Å². The second kappa shape index (κ2) is 12.4. The van der Waals surface area contributed by atoms with E-state index in [1.165, 1.54) is 12.8 Å². The van der Waals surface area contributed by atoms with Gasteiger partial charge in [-0.2, -0.15) is 0 Å². The van der Waals surface area contributed by atoms with Crippen molar-refractivity contribution in [2.24, 2.45) is 0 Å². The second-order valence-corrected chi connectivity index (χ2v) is 10.0. The van der Waals surface area contributed by atoms with Crippen LogP contribution in [0.15, 0.2) is 48.5 Å². The number of rotatable bonds is 10. The van der Waals surface area contributed by atoms with Crippen molar-refractivity contribution in [2.75, 3.05) is 38.7 Å². The van der Waals surface area contributed by atoms with Gasteiger partial charge in [-0.15, -0.1) is 0 Å². The average Bonchev–Trinajstić information content (AvgIpc) is 2.90. The topological polar surface area (TPSA) is 47.3 Å². The molecule has 2 aromatic rings. The highest BCUT2D eigenvalue weighted by Gasteiger charge is 2.38. The third kappa shape index (κ3) is 6.98. The standard InChI is InChI=1S/C29H39N3O3/c1-29(15-11-26(12-16-29)34-20-19-33-3)32-17-13-24(14-18-32)31-27-21-25(30-2)9-10-28(27)35-22-23-7-5-4-6-8-23/h4-10,21,24,26,31H,11-20,22H2,1,3H3. The number of nitrogens with one attached hydrogen (secondary N) is 1. The van der Waals surface area contributed by atoms with Gasteiger partial charge in [0.2, 0.25) is 0 Å². The second-order valence-electron chi connectivity index (χ2n) is 10.0. The van der Waals surface area contributed by atoms with Crippen LogP contribution >= 0.6 is 0 Å². The summed E-state index contributed by atoms with van der Waals surface area (Å²) in [6.07, 6.45) is 7.18. The summed E-state index contributed by atoms with van der Waals surface area (Å²) < 4.78 is 17.2. The van der Waals surface area contributed by atoms with Crippen LogP contribution in [0.3, 0.4) is 0 Å². The van der Waals surface area contributed by atoms with Crippen LogP contribution in [-0.4, -0.2) is 56.0 Å². The van der Waals surface area contributed by atoms with Gasteiger partial charge in [-0.05, 0) is 63.1 Å². The number of benzene rings is 2. The Balaban J connectivity index is 1.30. The molecule has 1 saturated carbocycles. The molecular formula is C29H39N3O3. The van der Waals surface area contributed by atoms with Gasteiger partial charge < -0.3 is 19.5 Å². The van der Waals surface area contributed by atoms with Crippen LogP contribution in [0.25, 0.3) is 4.85 Å². The largest absolute Gasteiger partial charge is 0.487 e. The van der Waals surface area contributed by atoms with Gasteiger partial charge in [-0.25, -0.2) is 4.85 Å². The van der Waals surface area contributed by atoms with Crippen molar-refractivity contribution in [2.45, 2.75) is 69.7 Å². The van der Waals surface area contributed by atoms with E-state index in [0.717, 1.165) is 55.8 Å². The first-order valence-electron chi connectivity index (χ1n) is 12.9. The summed E-state index contributed by atoms with van der Waals surface area (Å²) in [5, 5.41) is 3.71. The SMILES string of the molecule is [C-]#[N+]c1ccc(OCc2ccccc2)c(NC2CCN(C3(C)CCC(OCCOC)CC3)CC2)c1. The third-order valence-corrected chi connectivity index (χ3v) is 7.60. The van der Waals surface area contributed by atoms with Gasteiger partial charge in [0.15, 0.2) is 5.69 Å². The zero-order valence-corrected chi connectivity index (χ0v) is 21.2. The molecule has 0 radical (unpaired) electrons. The molecule has 1 N–H and O–H groups in total. The first kappa shape index (κ1) is 25.5. The van der Waals surface area contributed by atoms with Crippen LogP contribution in [0.1, 0.15) is 51.0 Å².